The summed E-state index contributed by atoms with van der Waals surface area (Å²) in [5.41, 5.74) is 0.194. The summed E-state index contributed by atoms with van der Waals surface area (Å²) in [5, 5.41) is 2.39. The molecule has 1 amide bonds. The van der Waals surface area contributed by atoms with Crippen LogP contribution in [-0.4, -0.2) is 13.0 Å². The Balaban J connectivity index is 2.28. The Bertz CT molecular complexity index is 638. The van der Waals surface area contributed by atoms with Crippen LogP contribution in [0, 0.1) is 11.6 Å². The number of carbonyl (C=O) groups is 1. The lowest BCUT2D eigenvalue weighted by Gasteiger charge is -2.09. The third-order valence-electron chi connectivity index (χ3n) is 2.58. The van der Waals surface area contributed by atoms with E-state index in [1.165, 1.54) is 13.2 Å². The van der Waals surface area contributed by atoms with Crippen LogP contribution < -0.4 is 10.1 Å². The number of halogens is 3. The van der Waals surface area contributed by atoms with E-state index in [2.05, 4.69) is 21.2 Å². The highest BCUT2D eigenvalue weighted by Crippen LogP contribution is 2.27. The van der Waals surface area contributed by atoms with Crippen LogP contribution in [0.1, 0.15) is 10.4 Å². The Labute approximate surface area is 122 Å². The smallest absolute Gasteiger partial charge is 0.255 e. The van der Waals surface area contributed by atoms with Gasteiger partial charge in [-0.3, -0.25) is 4.79 Å². The molecule has 0 aromatic heterocycles. The minimum Gasteiger partial charge on any atom is -0.497 e. The van der Waals surface area contributed by atoms with Crippen LogP contribution >= 0.6 is 15.9 Å². The lowest BCUT2D eigenvalue weighted by Crippen LogP contribution is -2.13. The molecular formula is C14H10BrF2NO2. The molecule has 0 aliphatic carbocycles. The number of nitrogens with one attached hydrogen (secondary N) is 1. The van der Waals surface area contributed by atoms with Crippen molar-refractivity contribution in [3.8, 4) is 5.75 Å². The van der Waals surface area contributed by atoms with Gasteiger partial charge in [-0.25, -0.2) is 8.78 Å². The van der Waals surface area contributed by atoms with E-state index in [9.17, 15) is 13.6 Å². The van der Waals surface area contributed by atoms with Crippen LogP contribution in [0.5, 0.6) is 5.75 Å². The molecule has 0 spiro atoms. The zero-order valence-corrected chi connectivity index (χ0v) is 12.0. The first-order chi connectivity index (χ1) is 9.51. The molecule has 2 aromatic carbocycles. The van der Waals surface area contributed by atoms with Crippen molar-refractivity contribution in [2.45, 2.75) is 0 Å². The van der Waals surface area contributed by atoms with Gasteiger partial charge in [0.25, 0.3) is 5.91 Å². The summed E-state index contributed by atoms with van der Waals surface area (Å²) < 4.78 is 31.7. The van der Waals surface area contributed by atoms with Gasteiger partial charge >= 0.3 is 0 Å². The molecule has 0 aliphatic rings. The van der Waals surface area contributed by atoms with Crippen molar-refractivity contribution >= 4 is 27.5 Å². The zero-order valence-electron chi connectivity index (χ0n) is 10.4. The molecule has 0 saturated carbocycles. The van der Waals surface area contributed by atoms with Crippen molar-refractivity contribution in [2.24, 2.45) is 0 Å². The quantitative estimate of drug-likeness (QED) is 0.916. The maximum absolute atomic E-state index is 13.6. The molecule has 2 aromatic rings. The predicted molar refractivity (Wildman–Crippen MR) is 75.0 cm³/mol. The summed E-state index contributed by atoms with van der Waals surface area (Å²) in [6.07, 6.45) is 0. The second-order valence-electron chi connectivity index (χ2n) is 3.93. The summed E-state index contributed by atoms with van der Waals surface area (Å²) in [6.45, 7) is 0. The molecule has 0 bridgehead atoms. The molecule has 0 fully saturated rings. The normalized spacial score (nSPS) is 10.2. The zero-order chi connectivity index (χ0) is 14.7. The van der Waals surface area contributed by atoms with Gasteiger partial charge in [-0.05, 0) is 40.2 Å². The number of benzene rings is 2. The number of carbonyl (C=O) groups excluding carboxylic acids is 1. The van der Waals surface area contributed by atoms with E-state index >= 15 is 0 Å². The first kappa shape index (κ1) is 14.5. The standard InChI is InChI=1S/C14H10BrF2NO2/c1-20-10-4-2-3-8(5-10)14(19)18-13-11(15)6-9(16)7-12(13)17/h2-7H,1H3,(H,18,19). The van der Waals surface area contributed by atoms with Crippen LogP contribution in [0.3, 0.4) is 0 Å². The van der Waals surface area contributed by atoms with Gasteiger partial charge in [-0.15, -0.1) is 0 Å². The molecule has 3 nitrogen and oxygen atoms in total. The van der Waals surface area contributed by atoms with Crippen molar-refractivity contribution in [1.82, 2.24) is 0 Å². The monoisotopic (exact) mass is 341 g/mol. The minimum absolute atomic E-state index is 0.112. The Morgan fingerprint density at radius 2 is 2.00 bits per heavy atom. The lowest BCUT2D eigenvalue weighted by molar-refractivity contribution is 0.102. The predicted octanol–water partition coefficient (Wildman–Crippen LogP) is 3.99. The molecule has 0 radical (unpaired) electrons. The van der Waals surface area contributed by atoms with Crippen LogP contribution in [0.4, 0.5) is 14.5 Å². The van der Waals surface area contributed by atoms with Crippen LogP contribution in [0.25, 0.3) is 0 Å². The molecule has 104 valence electrons. The summed E-state index contributed by atoms with van der Waals surface area (Å²) in [7, 11) is 1.48. The fourth-order valence-corrected chi connectivity index (χ4v) is 2.12. The van der Waals surface area contributed by atoms with E-state index < -0.39 is 17.5 Å². The van der Waals surface area contributed by atoms with Gasteiger partial charge in [0.15, 0.2) is 5.82 Å². The van der Waals surface area contributed by atoms with Crippen LogP contribution in [-0.2, 0) is 0 Å². The van der Waals surface area contributed by atoms with Crippen LogP contribution in [0.15, 0.2) is 40.9 Å². The number of methoxy groups -OCH3 is 1. The highest BCUT2D eigenvalue weighted by Gasteiger charge is 2.14. The first-order valence-corrected chi connectivity index (χ1v) is 6.40. The minimum atomic E-state index is -0.854. The molecule has 0 saturated heterocycles. The molecule has 1 N–H and O–H groups in total. The Hall–Kier alpha value is -1.95. The highest BCUT2D eigenvalue weighted by atomic mass is 79.9. The largest absolute Gasteiger partial charge is 0.497 e. The Morgan fingerprint density at radius 3 is 2.65 bits per heavy atom. The van der Waals surface area contributed by atoms with Gasteiger partial charge in [0.05, 0.1) is 12.8 Å². The Kier molecular flexibility index (Phi) is 4.34. The fraction of sp³-hybridized carbons (Fsp3) is 0.0714. The summed E-state index contributed by atoms with van der Waals surface area (Å²) in [4.78, 5) is 12.0. The topological polar surface area (TPSA) is 38.3 Å². The summed E-state index contributed by atoms with van der Waals surface area (Å²) in [5.74, 6) is -1.59. The van der Waals surface area contributed by atoms with Crippen LogP contribution in [0.2, 0.25) is 0 Å². The third-order valence-corrected chi connectivity index (χ3v) is 3.20. The van der Waals surface area contributed by atoms with E-state index in [0.717, 1.165) is 6.07 Å². The molecule has 0 aliphatic heterocycles. The van der Waals surface area contributed by atoms with Crippen molar-refractivity contribution in [2.75, 3.05) is 12.4 Å². The van der Waals surface area contributed by atoms with E-state index in [4.69, 9.17) is 4.74 Å². The lowest BCUT2D eigenvalue weighted by atomic mass is 10.2. The fourth-order valence-electron chi connectivity index (χ4n) is 1.61. The van der Waals surface area contributed by atoms with E-state index in [-0.39, 0.29) is 10.2 Å². The number of hydrogen-bond acceptors (Lipinski definition) is 2. The highest BCUT2D eigenvalue weighted by molar-refractivity contribution is 9.10. The van der Waals surface area contributed by atoms with Crippen molar-refractivity contribution < 1.29 is 18.3 Å². The maximum atomic E-state index is 13.6. The number of ether oxygens (including phenoxy) is 1. The molecule has 6 heteroatoms. The van der Waals surface area contributed by atoms with Gasteiger partial charge in [0.2, 0.25) is 0 Å². The van der Waals surface area contributed by atoms with Gasteiger partial charge in [0.1, 0.15) is 11.6 Å². The van der Waals surface area contributed by atoms with Crippen molar-refractivity contribution in [1.29, 1.82) is 0 Å². The van der Waals surface area contributed by atoms with Gasteiger partial charge in [0, 0.05) is 16.1 Å². The molecular weight excluding hydrogens is 332 g/mol. The van der Waals surface area contributed by atoms with E-state index in [1.807, 2.05) is 0 Å². The molecule has 20 heavy (non-hydrogen) atoms. The first-order valence-electron chi connectivity index (χ1n) is 5.61. The van der Waals surface area contributed by atoms with Gasteiger partial charge < -0.3 is 10.1 Å². The second-order valence-corrected chi connectivity index (χ2v) is 4.78. The summed E-state index contributed by atoms with van der Waals surface area (Å²) in [6, 6.07) is 8.18. The molecule has 0 unspecified atom stereocenters. The van der Waals surface area contributed by atoms with Crippen molar-refractivity contribution in [3.05, 3.63) is 58.1 Å². The SMILES string of the molecule is COc1cccc(C(=O)Nc2c(F)cc(F)cc2Br)c1. The number of rotatable bonds is 3. The second kappa shape index (κ2) is 6.00. The average molecular weight is 342 g/mol. The third kappa shape index (κ3) is 3.14. The Morgan fingerprint density at radius 1 is 1.25 bits per heavy atom. The van der Waals surface area contributed by atoms with E-state index in [1.54, 1.807) is 18.2 Å². The maximum Gasteiger partial charge on any atom is 0.255 e. The summed E-state index contributed by atoms with van der Waals surface area (Å²) >= 11 is 3.01. The average Bonchev–Trinajstić information content (AvgIpc) is 2.42. The van der Waals surface area contributed by atoms with Gasteiger partial charge in [-0.2, -0.15) is 0 Å². The number of amides is 1. The number of hydrogen-bond donors (Lipinski definition) is 1. The molecule has 0 atom stereocenters. The van der Waals surface area contributed by atoms with Crippen molar-refractivity contribution in [3.63, 3.8) is 0 Å². The molecule has 0 heterocycles. The van der Waals surface area contributed by atoms with E-state index in [0.29, 0.717) is 17.4 Å². The molecule has 2 rings (SSSR count). The van der Waals surface area contributed by atoms with Gasteiger partial charge in [-0.1, -0.05) is 6.07 Å². The number of anilines is 1.